The first-order valence-electron chi connectivity index (χ1n) is 19.9. The van der Waals surface area contributed by atoms with Crippen LogP contribution in [0.5, 0.6) is 11.5 Å². The van der Waals surface area contributed by atoms with Crippen LogP contribution < -0.4 is 15.0 Å². The molecule has 12 heteroatoms. The molecule has 0 radical (unpaired) electrons. The SMILES string of the molecule is O=C1CC[C@H](c2ccc(OC3CCN(C(=O)C4CCN(C(=O)C5(c6ccccc6)CCN(c6cnnc(-c7ccccc7O)c6)CC5)CC4)CC3)cc2)C(=O)N1. The van der Waals surface area contributed by atoms with Gasteiger partial charge in [0, 0.05) is 70.0 Å². The molecule has 1 atom stereocenters. The third kappa shape index (κ3) is 7.69. The average molecular weight is 757 g/mol. The molecule has 4 aliphatic heterocycles. The number of nitrogens with zero attached hydrogens (tertiary/aromatic N) is 5. The molecule has 0 spiro atoms. The Hall–Kier alpha value is -5.78. The van der Waals surface area contributed by atoms with Gasteiger partial charge in [-0.25, -0.2) is 0 Å². The fourth-order valence-electron chi connectivity index (χ4n) is 8.95. The third-order valence-corrected chi connectivity index (χ3v) is 12.2. The van der Waals surface area contributed by atoms with Crippen molar-refractivity contribution < 1.29 is 29.0 Å². The Bertz CT molecular complexity index is 2050. The van der Waals surface area contributed by atoms with Gasteiger partial charge >= 0.3 is 0 Å². The zero-order valence-electron chi connectivity index (χ0n) is 31.5. The molecule has 3 aromatic carbocycles. The molecular weight excluding hydrogens is 709 g/mol. The standard InChI is InChI=1S/C44H48N6O6/c51-39-9-5-4-8-37(39)38-28-33(29-45-47-38)48-26-20-44(21-27-48,32-6-2-1-3-7-32)43(55)50-22-16-31(17-23-50)42(54)49-24-18-35(19-25-49)56-34-12-10-30(11-13-34)36-14-15-40(52)46-41(36)53/h1-13,28-29,31,35-36,51H,14-27H2,(H,46,52,53)/t36-/m1/s1. The Kier molecular flexibility index (Phi) is 10.7. The van der Waals surface area contributed by atoms with E-state index in [0.717, 1.165) is 35.4 Å². The highest BCUT2D eigenvalue weighted by atomic mass is 16.5. The number of aromatic hydroxyl groups is 1. The average Bonchev–Trinajstić information content (AvgIpc) is 3.24. The molecule has 0 aliphatic carbocycles. The highest BCUT2D eigenvalue weighted by molar-refractivity contribution is 6.01. The van der Waals surface area contributed by atoms with Crippen molar-refractivity contribution in [1.29, 1.82) is 0 Å². The van der Waals surface area contributed by atoms with Gasteiger partial charge < -0.3 is 24.5 Å². The van der Waals surface area contributed by atoms with E-state index in [-0.39, 0.29) is 47.3 Å². The molecule has 12 nitrogen and oxygen atoms in total. The number of likely N-dealkylation sites (tertiary alicyclic amines) is 2. The van der Waals surface area contributed by atoms with E-state index in [1.54, 1.807) is 18.3 Å². The predicted octanol–water partition coefficient (Wildman–Crippen LogP) is 5.22. The summed E-state index contributed by atoms with van der Waals surface area (Å²) in [5.74, 6) is 0.286. The maximum Gasteiger partial charge on any atom is 0.234 e. The summed E-state index contributed by atoms with van der Waals surface area (Å²) in [6.07, 6.45) is 6.64. The number of carbonyl (C=O) groups excluding carboxylic acids is 4. The monoisotopic (exact) mass is 756 g/mol. The van der Waals surface area contributed by atoms with E-state index in [2.05, 4.69) is 32.5 Å². The smallest absolute Gasteiger partial charge is 0.234 e. The fraction of sp³-hybridized carbons (Fsp3) is 0.409. The summed E-state index contributed by atoms with van der Waals surface area (Å²) < 4.78 is 6.26. The lowest BCUT2D eigenvalue weighted by atomic mass is 9.71. The largest absolute Gasteiger partial charge is 0.507 e. The lowest BCUT2D eigenvalue weighted by Crippen LogP contribution is -2.55. The molecule has 0 unspecified atom stereocenters. The van der Waals surface area contributed by atoms with Gasteiger partial charge in [0.15, 0.2) is 0 Å². The van der Waals surface area contributed by atoms with Crippen LogP contribution in [0.4, 0.5) is 5.69 Å². The van der Waals surface area contributed by atoms with Crippen LogP contribution >= 0.6 is 0 Å². The summed E-state index contributed by atoms with van der Waals surface area (Å²) in [5, 5.41) is 21.3. The summed E-state index contributed by atoms with van der Waals surface area (Å²) >= 11 is 0. The van der Waals surface area contributed by atoms with Crippen LogP contribution in [0.2, 0.25) is 0 Å². The van der Waals surface area contributed by atoms with Gasteiger partial charge in [-0.15, -0.1) is 0 Å². The number of rotatable bonds is 8. The number of hydrogen-bond acceptors (Lipinski definition) is 9. The molecule has 8 rings (SSSR count). The number of hydrogen-bond donors (Lipinski definition) is 2. The minimum Gasteiger partial charge on any atom is -0.507 e. The number of piperidine rings is 4. The number of nitrogens with one attached hydrogen (secondary N) is 1. The molecule has 4 aromatic rings. The van der Waals surface area contributed by atoms with Gasteiger partial charge in [-0.3, -0.25) is 24.5 Å². The number of imide groups is 1. The van der Waals surface area contributed by atoms with Gasteiger partial charge in [0.25, 0.3) is 0 Å². The first kappa shape index (κ1) is 37.2. The maximum absolute atomic E-state index is 14.6. The van der Waals surface area contributed by atoms with Gasteiger partial charge in [-0.1, -0.05) is 54.6 Å². The zero-order valence-corrected chi connectivity index (χ0v) is 31.5. The van der Waals surface area contributed by atoms with Gasteiger partial charge in [0.05, 0.1) is 28.9 Å². The topological polar surface area (TPSA) is 145 Å². The molecule has 5 heterocycles. The van der Waals surface area contributed by atoms with Crippen LogP contribution in [0.1, 0.15) is 68.4 Å². The Morgan fingerprint density at radius 2 is 1.46 bits per heavy atom. The molecule has 290 valence electrons. The first-order chi connectivity index (χ1) is 27.3. The van der Waals surface area contributed by atoms with E-state index in [1.165, 1.54) is 0 Å². The summed E-state index contributed by atoms with van der Waals surface area (Å²) in [5.41, 5.74) is 3.37. The highest BCUT2D eigenvalue weighted by Crippen LogP contribution is 2.40. The van der Waals surface area contributed by atoms with Gasteiger partial charge in [0.2, 0.25) is 23.6 Å². The number of aromatic nitrogens is 2. The normalized spacial score (nSPS) is 20.7. The highest BCUT2D eigenvalue weighted by Gasteiger charge is 2.46. The lowest BCUT2D eigenvalue weighted by Gasteiger charge is -2.45. The molecule has 4 fully saturated rings. The van der Waals surface area contributed by atoms with Gasteiger partial charge in [0.1, 0.15) is 17.6 Å². The van der Waals surface area contributed by atoms with Crippen LogP contribution in [0.15, 0.2) is 91.1 Å². The minimum atomic E-state index is -0.664. The van der Waals surface area contributed by atoms with Crippen molar-refractivity contribution in [2.45, 2.75) is 68.8 Å². The summed E-state index contributed by atoms with van der Waals surface area (Å²) in [7, 11) is 0. The Labute approximate surface area is 326 Å². The molecule has 56 heavy (non-hydrogen) atoms. The van der Waals surface area contributed by atoms with E-state index in [9.17, 15) is 24.3 Å². The summed E-state index contributed by atoms with van der Waals surface area (Å²) in [6.45, 7) is 3.70. The minimum absolute atomic E-state index is 0.00491. The van der Waals surface area contributed by atoms with Crippen LogP contribution in [0.25, 0.3) is 11.3 Å². The number of amides is 4. The van der Waals surface area contributed by atoms with Crippen molar-refractivity contribution in [1.82, 2.24) is 25.3 Å². The molecule has 4 saturated heterocycles. The molecule has 2 N–H and O–H groups in total. The molecule has 1 aromatic heterocycles. The number of phenols is 1. The summed E-state index contributed by atoms with van der Waals surface area (Å²) in [6, 6.07) is 26.7. The van der Waals surface area contributed by atoms with E-state index in [1.807, 2.05) is 70.5 Å². The first-order valence-corrected chi connectivity index (χ1v) is 19.9. The molecule has 0 saturated carbocycles. The van der Waals surface area contributed by atoms with Gasteiger partial charge in [-0.05, 0) is 73.6 Å². The Morgan fingerprint density at radius 3 is 2.16 bits per heavy atom. The van der Waals surface area contributed by atoms with Crippen molar-refractivity contribution >= 4 is 29.3 Å². The quantitative estimate of drug-likeness (QED) is 0.232. The van der Waals surface area contributed by atoms with Crippen LogP contribution in [-0.4, -0.2) is 94.1 Å². The Balaban J connectivity index is 0.845. The second kappa shape index (κ2) is 16.1. The number of benzene rings is 3. The van der Waals surface area contributed by atoms with Crippen molar-refractivity contribution in [3.63, 3.8) is 0 Å². The molecular formula is C44H48N6O6. The number of carbonyl (C=O) groups is 4. The summed E-state index contributed by atoms with van der Waals surface area (Å²) in [4.78, 5) is 58.3. The van der Waals surface area contributed by atoms with Crippen molar-refractivity contribution in [2.75, 3.05) is 44.2 Å². The predicted molar refractivity (Wildman–Crippen MR) is 210 cm³/mol. The van der Waals surface area contributed by atoms with E-state index < -0.39 is 5.41 Å². The molecule has 4 amide bonds. The number of para-hydroxylation sites is 1. The molecule has 4 aliphatic rings. The van der Waals surface area contributed by atoms with Crippen molar-refractivity contribution in [2.24, 2.45) is 5.92 Å². The van der Waals surface area contributed by atoms with Crippen molar-refractivity contribution in [3.05, 3.63) is 102 Å². The number of ether oxygens (including phenoxy) is 1. The van der Waals surface area contributed by atoms with Crippen LogP contribution in [0, 0.1) is 5.92 Å². The number of phenolic OH excluding ortho intramolecular Hbond substituents is 1. The fourth-order valence-corrected chi connectivity index (χ4v) is 8.95. The van der Waals surface area contributed by atoms with E-state index >= 15 is 0 Å². The zero-order chi connectivity index (χ0) is 38.6. The Morgan fingerprint density at radius 1 is 0.786 bits per heavy atom. The van der Waals surface area contributed by atoms with Crippen molar-refractivity contribution in [3.8, 4) is 22.8 Å². The van der Waals surface area contributed by atoms with E-state index in [0.29, 0.717) is 89.1 Å². The van der Waals surface area contributed by atoms with Crippen LogP contribution in [-0.2, 0) is 24.6 Å². The lowest BCUT2D eigenvalue weighted by molar-refractivity contribution is -0.145. The van der Waals surface area contributed by atoms with Crippen LogP contribution in [0.3, 0.4) is 0 Å². The third-order valence-electron chi connectivity index (χ3n) is 12.2. The van der Waals surface area contributed by atoms with E-state index in [4.69, 9.17) is 4.74 Å². The van der Waals surface area contributed by atoms with Gasteiger partial charge in [-0.2, -0.15) is 10.2 Å². The number of anilines is 1. The second-order valence-corrected chi connectivity index (χ2v) is 15.5. The maximum atomic E-state index is 14.6. The molecule has 0 bridgehead atoms. The second-order valence-electron chi connectivity index (χ2n) is 15.5.